The lowest BCUT2D eigenvalue weighted by molar-refractivity contribution is -0.175. The van der Waals surface area contributed by atoms with Crippen LogP contribution in [0.5, 0.6) is 0 Å². The third-order valence-corrected chi connectivity index (χ3v) is 3.71. The van der Waals surface area contributed by atoms with Gasteiger partial charge in [-0.3, -0.25) is 10.1 Å². The highest BCUT2D eigenvalue weighted by Crippen LogP contribution is 2.30. The first-order chi connectivity index (χ1) is 8.97. The molecule has 2 rings (SSSR count). The Bertz CT molecular complexity index is 317. The molecule has 0 radical (unpaired) electrons. The molecular weight excluding hydrogens is 261 g/mol. The molecule has 2 aliphatic rings. The summed E-state index contributed by atoms with van der Waals surface area (Å²) in [6.07, 6.45) is 0.142. The predicted octanol–water partition coefficient (Wildman–Crippen LogP) is 1.51. The fraction of sp³-hybridized carbons (Fsp3) is 0.917. The molecule has 1 aliphatic carbocycles. The largest absolute Gasteiger partial charge is 0.411 e. The van der Waals surface area contributed by atoms with E-state index in [0.717, 1.165) is 25.7 Å². The van der Waals surface area contributed by atoms with Gasteiger partial charge in [-0.25, -0.2) is 0 Å². The molecule has 0 aromatic heterocycles. The Morgan fingerprint density at radius 3 is 2.63 bits per heavy atom. The van der Waals surface area contributed by atoms with Crippen LogP contribution in [0.4, 0.5) is 13.2 Å². The van der Waals surface area contributed by atoms with Gasteiger partial charge in [0, 0.05) is 6.54 Å². The van der Waals surface area contributed by atoms with Crippen LogP contribution >= 0.6 is 0 Å². The van der Waals surface area contributed by atoms with Crippen molar-refractivity contribution in [1.29, 1.82) is 0 Å². The molecule has 110 valence electrons. The minimum Gasteiger partial charge on any atom is -0.370 e. The highest BCUT2D eigenvalue weighted by Gasteiger charge is 2.37. The second-order valence-corrected chi connectivity index (χ2v) is 5.13. The lowest BCUT2D eigenvalue weighted by Gasteiger charge is -2.29. The molecule has 1 atom stereocenters. The quantitative estimate of drug-likeness (QED) is 0.776. The summed E-state index contributed by atoms with van der Waals surface area (Å²) in [6, 6.07) is 0. The minimum atomic E-state index is -4.31. The van der Waals surface area contributed by atoms with Crippen molar-refractivity contribution < 1.29 is 22.7 Å². The van der Waals surface area contributed by atoms with Gasteiger partial charge in [0.1, 0.15) is 6.61 Å². The standard InChI is InChI=1S/C12H19F3N2O2/c13-12(14,15)8-19-6-5-17-10(18)7-16-11(17)9-3-1-2-4-9/h9,11,16H,1-8H2. The van der Waals surface area contributed by atoms with Gasteiger partial charge in [0.05, 0.1) is 19.3 Å². The zero-order valence-electron chi connectivity index (χ0n) is 10.7. The lowest BCUT2D eigenvalue weighted by atomic mass is 10.0. The average molecular weight is 280 g/mol. The Morgan fingerprint density at radius 1 is 1.32 bits per heavy atom. The number of hydrogen-bond acceptors (Lipinski definition) is 3. The molecule has 2 fully saturated rings. The number of amides is 1. The Hall–Kier alpha value is -0.820. The van der Waals surface area contributed by atoms with E-state index in [1.807, 2.05) is 0 Å². The maximum Gasteiger partial charge on any atom is 0.411 e. The normalized spacial score (nSPS) is 25.5. The summed E-state index contributed by atoms with van der Waals surface area (Å²) < 4.78 is 40.4. The second-order valence-electron chi connectivity index (χ2n) is 5.13. The van der Waals surface area contributed by atoms with Gasteiger partial charge in [-0.2, -0.15) is 13.2 Å². The number of hydrogen-bond donors (Lipinski definition) is 1. The first kappa shape index (κ1) is 14.6. The second kappa shape index (κ2) is 6.09. The van der Waals surface area contributed by atoms with Crippen LogP contribution in [0.15, 0.2) is 0 Å². The van der Waals surface area contributed by atoms with Crippen molar-refractivity contribution in [3.63, 3.8) is 0 Å². The van der Waals surface area contributed by atoms with Gasteiger partial charge in [-0.1, -0.05) is 12.8 Å². The van der Waals surface area contributed by atoms with Crippen LogP contribution in [0.1, 0.15) is 25.7 Å². The van der Waals surface area contributed by atoms with Crippen molar-refractivity contribution >= 4 is 5.91 Å². The van der Waals surface area contributed by atoms with Crippen LogP contribution in [0.25, 0.3) is 0 Å². The summed E-state index contributed by atoms with van der Waals surface area (Å²) in [7, 11) is 0. The first-order valence-electron chi connectivity index (χ1n) is 6.65. The third kappa shape index (κ3) is 4.07. The molecule has 0 aromatic rings. The lowest BCUT2D eigenvalue weighted by Crippen LogP contribution is -2.44. The molecule has 7 heteroatoms. The first-order valence-corrected chi connectivity index (χ1v) is 6.65. The van der Waals surface area contributed by atoms with E-state index in [1.54, 1.807) is 4.90 Å². The molecule has 1 saturated carbocycles. The van der Waals surface area contributed by atoms with Gasteiger partial charge in [-0.05, 0) is 18.8 Å². The van der Waals surface area contributed by atoms with E-state index in [4.69, 9.17) is 0 Å². The summed E-state index contributed by atoms with van der Waals surface area (Å²) in [5.74, 6) is 0.376. The van der Waals surface area contributed by atoms with E-state index in [1.165, 1.54) is 0 Å². The zero-order chi connectivity index (χ0) is 13.9. The SMILES string of the molecule is O=C1CNC(C2CCCC2)N1CCOCC(F)(F)F. The minimum absolute atomic E-state index is 0.0236. The molecule has 0 aromatic carbocycles. The van der Waals surface area contributed by atoms with Crippen molar-refractivity contribution in [1.82, 2.24) is 10.2 Å². The molecule has 1 heterocycles. The molecule has 1 N–H and O–H groups in total. The summed E-state index contributed by atoms with van der Waals surface area (Å²) in [6.45, 7) is -0.823. The number of halogens is 3. The fourth-order valence-electron chi connectivity index (χ4n) is 2.87. The van der Waals surface area contributed by atoms with Gasteiger partial charge >= 0.3 is 6.18 Å². The number of ether oxygens (including phenoxy) is 1. The van der Waals surface area contributed by atoms with E-state index >= 15 is 0 Å². The highest BCUT2D eigenvalue weighted by molar-refractivity contribution is 5.80. The number of nitrogens with zero attached hydrogens (tertiary/aromatic N) is 1. The van der Waals surface area contributed by atoms with Gasteiger partial charge in [0.2, 0.25) is 5.91 Å². The number of rotatable bonds is 5. The van der Waals surface area contributed by atoms with Crippen molar-refractivity contribution in [2.24, 2.45) is 5.92 Å². The number of carbonyl (C=O) groups excluding carboxylic acids is 1. The Labute approximate surface area is 110 Å². The van der Waals surface area contributed by atoms with Crippen LogP contribution in [0.2, 0.25) is 0 Å². The van der Waals surface area contributed by atoms with Crippen LogP contribution in [0, 0.1) is 5.92 Å². The number of nitrogens with one attached hydrogen (secondary N) is 1. The Balaban J connectivity index is 1.77. The molecular formula is C12H19F3N2O2. The molecule has 0 spiro atoms. The zero-order valence-corrected chi connectivity index (χ0v) is 10.7. The maximum atomic E-state index is 11.9. The van der Waals surface area contributed by atoms with Crippen molar-refractivity contribution in [2.75, 3.05) is 26.3 Å². The van der Waals surface area contributed by atoms with E-state index < -0.39 is 12.8 Å². The van der Waals surface area contributed by atoms with E-state index in [2.05, 4.69) is 10.1 Å². The smallest absolute Gasteiger partial charge is 0.370 e. The number of alkyl halides is 3. The van der Waals surface area contributed by atoms with Gasteiger partial charge < -0.3 is 9.64 Å². The van der Waals surface area contributed by atoms with Crippen molar-refractivity contribution in [3.8, 4) is 0 Å². The molecule has 4 nitrogen and oxygen atoms in total. The molecule has 1 amide bonds. The van der Waals surface area contributed by atoms with Gasteiger partial charge in [-0.15, -0.1) is 0 Å². The predicted molar refractivity (Wildman–Crippen MR) is 62.3 cm³/mol. The molecule has 0 bridgehead atoms. The molecule has 1 aliphatic heterocycles. The summed E-state index contributed by atoms with van der Waals surface area (Å²) in [4.78, 5) is 13.3. The molecule has 1 unspecified atom stereocenters. The third-order valence-electron chi connectivity index (χ3n) is 3.71. The summed E-state index contributed by atoms with van der Waals surface area (Å²) in [5, 5.41) is 3.15. The average Bonchev–Trinajstić information content (AvgIpc) is 2.93. The summed E-state index contributed by atoms with van der Waals surface area (Å²) >= 11 is 0. The van der Waals surface area contributed by atoms with Gasteiger partial charge in [0.25, 0.3) is 0 Å². The maximum absolute atomic E-state index is 11.9. The Morgan fingerprint density at radius 2 is 2.00 bits per heavy atom. The topological polar surface area (TPSA) is 41.6 Å². The van der Waals surface area contributed by atoms with E-state index in [0.29, 0.717) is 5.92 Å². The van der Waals surface area contributed by atoms with Gasteiger partial charge in [0.15, 0.2) is 0 Å². The van der Waals surface area contributed by atoms with E-state index in [9.17, 15) is 18.0 Å². The fourth-order valence-corrected chi connectivity index (χ4v) is 2.87. The Kier molecular flexibility index (Phi) is 4.67. The van der Waals surface area contributed by atoms with E-state index in [-0.39, 0.29) is 31.8 Å². The van der Waals surface area contributed by atoms with Crippen LogP contribution in [-0.2, 0) is 9.53 Å². The number of carbonyl (C=O) groups is 1. The van der Waals surface area contributed by atoms with Crippen molar-refractivity contribution in [3.05, 3.63) is 0 Å². The van der Waals surface area contributed by atoms with Crippen molar-refractivity contribution in [2.45, 2.75) is 38.0 Å². The highest BCUT2D eigenvalue weighted by atomic mass is 19.4. The monoisotopic (exact) mass is 280 g/mol. The van der Waals surface area contributed by atoms with Crippen LogP contribution in [0.3, 0.4) is 0 Å². The molecule has 19 heavy (non-hydrogen) atoms. The molecule has 1 saturated heterocycles. The van der Waals surface area contributed by atoms with Crippen LogP contribution < -0.4 is 5.32 Å². The summed E-state index contributed by atoms with van der Waals surface area (Å²) in [5.41, 5.74) is 0. The van der Waals surface area contributed by atoms with Crippen LogP contribution in [-0.4, -0.2) is 49.5 Å².